The Morgan fingerprint density at radius 2 is 1.67 bits per heavy atom. The molecule has 0 aromatic carbocycles. The molecule has 0 saturated carbocycles. The Balaban J connectivity index is 0.00000139. The molecule has 2 rings (SSSR count). The highest BCUT2D eigenvalue weighted by atomic mass is 16.2. The second-order valence-electron chi connectivity index (χ2n) is 7.11. The Morgan fingerprint density at radius 3 is 2.21 bits per heavy atom. The van der Waals surface area contributed by atoms with E-state index in [-0.39, 0.29) is 0 Å². The summed E-state index contributed by atoms with van der Waals surface area (Å²) in [5.74, 6) is 0.854. The second-order valence-corrected chi connectivity index (χ2v) is 7.11. The van der Waals surface area contributed by atoms with Gasteiger partial charge in [-0.25, -0.2) is 0 Å². The topological polar surface area (TPSA) is 23.6 Å². The molecule has 2 saturated heterocycles. The predicted octanol–water partition coefficient (Wildman–Crippen LogP) is 5.22. The highest BCUT2D eigenvalue weighted by Gasteiger charge is 2.33. The molecule has 3 atom stereocenters. The van der Waals surface area contributed by atoms with Crippen molar-refractivity contribution in [1.82, 2.24) is 9.80 Å². The van der Waals surface area contributed by atoms with Crippen LogP contribution >= 0.6 is 0 Å². The highest BCUT2D eigenvalue weighted by molar-refractivity contribution is 5.75. The van der Waals surface area contributed by atoms with E-state index in [0.29, 0.717) is 30.3 Å². The van der Waals surface area contributed by atoms with Crippen LogP contribution in [0.25, 0.3) is 0 Å². The van der Waals surface area contributed by atoms with E-state index in [2.05, 4.69) is 36.6 Å². The van der Waals surface area contributed by atoms with E-state index in [4.69, 9.17) is 0 Å². The van der Waals surface area contributed by atoms with Crippen LogP contribution in [0.2, 0.25) is 0 Å². The van der Waals surface area contributed by atoms with Crippen molar-refractivity contribution in [3.8, 4) is 0 Å². The fourth-order valence-corrected chi connectivity index (χ4v) is 4.29. The molecule has 2 heterocycles. The average molecular weight is 337 g/mol. The first-order chi connectivity index (χ1) is 11.6. The predicted molar refractivity (Wildman–Crippen MR) is 104 cm³/mol. The lowest BCUT2D eigenvalue weighted by molar-refractivity contribution is -0.132. The summed E-state index contributed by atoms with van der Waals surface area (Å²) in [6.45, 7) is 14.8. The van der Waals surface area contributed by atoms with Gasteiger partial charge in [-0.15, -0.1) is 0 Å². The summed E-state index contributed by atoms with van der Waals surface area (Å²) in [6.07, 6.45) is 10.5. The number of rotatable bonds is 4. The van der Waals surface area contributed by atoms with Crippen molar-refractivity contribution >= 4 is 5.91 Å². The van der Waals surface area contributed by atoms with Crippen molar-refractivity contribution in [2.75, 3.05) is 13.1 Å². The fourth-order valence-electron chi connectivity index (χ4n) is 4.29. The van der Waals surface area contributed by atoms with Crippen LogP contribution in [0.3, 0.4) is 0 Å². The molecule has 2 aliphatic rings. The molecule has 2 fully saturated rings. The van der Waals surface area contributed by atoms with E-state index < -0.39 is 0 Å². The molecule has 140 valence electrons. The van der Waals surface area contributed by atoms with Gasteiger partial charge in [-0.05, 0) is 52.4 Å². The molecule has 0 aromatic rings. The minimum absolute atomic E-state index is 0.320. The van der Waals surface area contributed by atoms with Crippen LogP contribution in [0.5, 0.6) is 0 Å². The lowest BCUT2D eigenvalue weighted by Gasteiger charge is -2.46. The normalized spacial score (nSPS) is 28.2. The fraction of sp³-hybridized carbons (Fsp3) is 0.857. The number of hydrogen-bond acceptors (Lipinski definition) is 2. The maximum Gasteiger partial charge on any atom is 0.222 e. The third-order valence-electron chi connectivity index (χ3n) is 5.40. The zero-order chi connectivity index (χ0) is 18.1. The summed E-state index contributed by atoms with van der Waals surface area (Å²) in [6, 6.07) is 1.28. The molecule has 0 N–H and O–H groups in total. The first-order valence-electron chi connectivity index (χ1n) is 10.3. The van der Waals surface area contributed by atoms with E-state index in [1.165, 1.54) is 31.4 Å². The second kappa shape index (κ2) is 10.8. The van der Waals surface area contributed by atoms with Crippen molar-refractivity contribution in [3.05, 3.63) is 11.8 Å². The van der Waals surface area contributed by atoms with Crippen molar-refractivity contribution in [2.24, 2.45) is 5.92 Å². The molecule has 3 nitrogen and oxygen atoms in total. The van der Waals surface area contributed by atoms with Gasteiger partial charge in [-0.1, -0.05) is 33.8 Å². The zero-order valence-corrected chi connectivity index (χ0v) is 17.0. The quantitative estimate of drug-likeness (QED) is 0.703. The van der Waals surface area contributed by atoms with E-state index in [1.807, 2.05) is 20.8 Å². The van der Waals surface area contributed by atoms with Crippen LogP contribution in [-0.2, 0) is 4.79 Å². The highest BCUT2D eigenvalue weighted by Crippen LogP contribution is 2.34. The molecule has 0 aliphatic carbocycles. The SMILES string of the molecule is CC.CC/C=C(/C1CCCN(C(=O)CC)C1)N1C(C)CCCC1C. The number of carbonyl (C=O) groups is 1. The van der Waals surface area contributed by atoms with Gasteiger partial charge in [0.2, 0.25) is 5.91 Å². The lowest BCUT2D eigenvalue weighted by atomic mass is 9.88. The number of likely N-dealkylation sites (tertiary alicyclic amines) is 2. The van der Waals surface area contributed by atoms with Crippen LogP contribution in [-0.4, -0.2) is 40.9 Å². The zero-order valence-electron chi connectivity index (χ0n) is 17.0. The standard InChI is InChI=1S/C19H34N2O.C2H6/c1-5-9-18(21-15(3)10-7-11-16(21)4)17-12-8-13-20(14-17)19(22)6-2;1-2/h9,15-17H,5-8,10-14H2,1-4H3;1-2H3/b18-9-;. The van der Waals surface area contributed by atoms with Crippen molar-refractivity contribution in [3.63, 3.8) is 0 Å². The first-order valence-corrected chi connectivity index (χ1v) is 10.3. The summed E-state index contributed by atoms with van der Waals surface area (Å²) in [7, 11) is 0. The third kappa shape index (κ3) is 5.26. The van der Waals surface area contributed by atoms with Gasteiger partial charge in [0.1, 0.15) is 0 Å². The van der Waals surface area contributed by atoms with Gasteiger partial charge in [-0.3, -0.25) is 4.79 Å². The van der Waals surface area contributed by atoms with Crippen molar-refractivity contribution in [2.45, 2.75) is 98.6 Å². The molecule has 0 spiro atoms. The minimum atomic E-state index is 0.320. The van der Waals surface area contributed by atoms with Gasteiger partial charge in [0.25, 0.3) is 0 Å². The van der Waals surface area contributed by atoms with Crippen molar-refractivity contribution in [1.29, 1.82) is 0 Å². The van der Waals surface area contributed by atoms with Gasteiger partial charge >= 0.3 is 0 Å². The first kappa shape index (κ1) is 21.1. The third-order valence-corrected chi connectivity index (χ3v) is 5.40. The molecule has 24 heavy (non-hydrogen) atoms. The molecule has 0 bridgehead atoms. The van der Waals surface area contributed by atoms with Crippen LogP contribution in [0.15, 0.2) is 11.8 Å². The van der Waals surface area contributed by atoms with Crippen LogP contribution < -0.4 is 0 Å². The summed E-state index contributed by atoms with van der Waals surface area (Å²) >= 11 is 0. The number of amides is 1. The molecular formula is C21H40N2O. The number of allylic oxidation sites excluding steroid dienone is 1. The maximum absolute atomic E-state index is 12.1. The number of piperidine rings is 2. The Bertz CT molecular complexity index is 395. The average Bonchev–Trinajstić information content (AvgIpc) is 2.62. The molecule has 3 heteroatoms. The number of carbonyl (C=O) groups excluding carboxylic acids is 1. The van der Waals surface area contributed by atoms with E-state index in [9.17, 15) is 4.79 Å². The molecule has 0 radical (unpaired) electrons. The van der Waals surface area contributed by atoms with E-state index >= 15 is 0 Å². The van der Waals surface area contributed by atoms with Crippen LogP contribution in [0, 0.1) is 5.92 Å². The smallest absolute Gasteiger partial charge is 0.222 e. The monoisotopic (exact) mass is 336 g/mol. The largest absolute Gasteiger partial charge is 0.369 e. The van der Waals surface area contributed by atoms with Crippen LogP contribution in [0.1, 0.15) is 86.5 Å². The van der Waals surface area contributed by atoms with Gasteiger partial charge in [0.05, 0.1) is 0 Å². The Morgan fingerprint density at radius 1 is 1.04 bits per heavy atom. The maximum atomic E-state index is 12.1. The van der Waals surface area contributed by atoms with Gasteiger partial charge in [0, 0.05) is 43.2 Å². The number of hydrogen-bond donors (Lipinski definition) is 0. The van der Waals surface area contributed by atoms with E-state index in [1.54, 1.807) is 0 Å². The van der Waals surface area contributed by atoms with Gasteiger partial charge in [-0.2, -0.15) is 0 Å². The van der Waals surface area contributed by atoms with Gasteiger partial charge < -0.3 is 9.80 Å². The van der Waals surface area contributed by atoms with Gasteiger partial charge in [0.15, 0.2) is 0 Å². The van der Waals surface area contributed by atoms with Crippen LogP contribution in [0.4, 0.5) is 0 Å². The molecule has 2 aliphatic heterocycles. The summed E-state index contributed by atoms with van der Waals surface area (Å²) in [5, 5.41) is 0. The lowest BCUT2D eigenvalue weighted by Crippen LogP contribution is -2.48. The number of nitrogens with zero attached hydrogens (tertiary/aromatic N) is 2. The minimum Gasteiger partial charge on any atom is -0.369 e. The molecule has 1 amide bonds. The Hall–Kier alpha value is -0.990. The van der Waals surface area contributed by atoms with Crippen molar-refractivity contribution < 1.29 is 4.79 Å². The summed E-state index contributed by atoms with van der Waals surface area (Å²) in [5.41, 5.74) is 1.52. The Kier molecular flexibility index (Phi) is 9.46. The summed E-state index contributed by atoms with van der Waals surface area (Å²) in [4.78, 5) is 16.9. The van der Waals surface area contributed by atoms with E-state index in [0.717, 1.165) is 25.9 Å². The molecule has 3 unspecified atom stereocenters. The summed E-state index contributed by atoms with van der Waals surface area (Å²) < 4.78 is 0. The molecular weight excluding hydrogens is 296 g/mol. The molecule has 0 aromatic heterocycles. The Labute approximate surface area is 150 Å².